The number of aromatic hydroxyl groups is 1. The first-order valence-corrected chi connectivity index (χ1v) is 18.1. The van der Waals surface area contributed by atoms with Crippen molar-refractivity contribution in [3.63, 3.8) is 0 Å². The van der Waals surface area contributed by atoms with Crippen LogP contribution in [0.3, 0.4) is 0 Å². The van der Waals surface area contributed by atoms with Gasteiger partial charge in [0.05, 0.1) is 30.3 Å². The van der Waals surface area contributed by atoms with Gasteiger partial charge in [0.2, 0.25) is 29.5 Å². The summed E-state index contributed by atoms with van der Waals surface area (Å²) in [6.45, 7) is 0.132. The summed E-state index contributed by atoms with van der Waals surface area (Å²) in [4.78, 5) is 64.9. The molecule has 0 aromatic heterocycles. The molecular formula is C36H56N10O8. The molecule has 0 fully saturated rings. The lowest BCUT2D eigenvalue weighted by atomic mass is 9.96. The SMILES string of the molecule is NCC(O)CNC(=O)[C@@H](N)CCCCNC(=O)C(N)CCNC(=O)[C@@H]1Cc2cccc(c2)-c2ccc(O)c(c2)C[C@H](N)C(=O)N[C@@H](C[C@@H](O)CN)C(=O)N1. The van der Waals surface area contributed by atoms with Gasteiger partial charge in [-0.1, -0.05) is 30.3 Å². The van der Waals surface area contributed by atoms with Gasteiger partial charge in [-0.05, 0) is 60.1 Å². The van der Waals surface area contributed by atoms with E-state index in [0.717, 1.165) is 11.1 Å². The van der Waals surface area contributed by atoms with Crippen LogP contribution in [0.4, 0.5) is 0 Å². The molecule has 3 rings (SSSR count). The van der Waals surface area contributed by atoms with E-state index in [9.17, 15) is 39.3 Å². The quantitative estimate of drug-likeness (QED) is 0.0687. The van der Waals surface area contributed by atoms with Crippen LogP contribution in [-0.4, -0.2) is 120 Å². The molecule has 18 N–H and O–H groups in total. The molecule has 0 saturated heterocycles. The molecule has 0 spiro atoms. The van der Waals surface area contributed by atoms with Crippen molar-refractivity contribution in [3.05, 3.63) is 53.6 Å². The number of nitrogens with one attached hydrogen (secondary N) is 5. The average Bonchev–Trinajstić information content (AvgIpc) is 3.16. The topological polar surface area (TPSA) is 336 Å². The highest BCUT2D eigenvalue weighted by Crippen LogP contribution is 2.28. The van der Waals surface area contributed by atoms with Crippen LogP contribution in [0.5, 0.6) is 5.75 Å². The number of hydrogen-bond acceptors (Lipinski definition) is 13. The molecule has 298 valence electrons. The molecule has 2 aromatic carbocycles. The van der Waals surface area contributed by atoms with Gasteiger partial charge in [0.1, 0.15) is 17.8 Å². The van der Waals surface area contributed by atoms with Crippen molar-refractivity contribution in [1.82, 2.24) is 26.6 Å². The summed E-state index contributed by atoms with van der Waals surface area (Å²) in [5.41, 5.74) is 31.7. The summed E-state index contributed by atoms with van der Waals surface area (Å²) in [7, 11) is 0. The molecular weight excluding hydrogens is 700 g/mol. The standard InChI is InChI=1S/C36H56N10O8/c37-17-24(47)16-30-36(54)46-29(13-20-4-3-5-21(12-20)22-7-8-31(49)23(14-22)15-28(41)34(52)45-30)35(53)43-11-9-27(40)32(50)42-10-2-1-6-26(39)33(51)44-19-25(48)18-38/h3-5,7-8,12,14,24-30,47-49H,1-2,6,9-11,13,15-19,37-41H2,(H,42,50)(H,43,53)(H,44,51)(H,45,52)(H,46,54)/t24-,25?,26+,27?,28+,29+,30+/m1/s1. The predicted molar refractivity (Wildman–Crippen MR) is 201 cm³/mol. The highest BCUT2D eigenvalue weighted by atomic mass is 16.3. The maximum Gasteiger partial charge on any atom is 0.243 e. The molecule has 1 aliphatic rings. The molecule has 54 heavy (non-hydrogen) atoms. The van der Waals surface area contributed by atoms with E-state index >= 15 is 0 Å². The van der Waals surface area contributed by atoms with Crippen LogP contribution in [0, 0.1) is 0 Å². The fourth-order valence-electron chi connectivity index (χ4n) is 5.73. The highest BCUT2D eigenvalue weighted by molar-refractivity contribution is 5.93. The Morgan fingerprint density at radius 2 is 1.48 bits per heavy atom. The molecule has 0 aliphatic carbocycles. The second kappa shape index (κ2) is 21.9. The first-order valence-electron chi connectivity index (χ1n) is 18.1. The monoisotopic (exact) mass is 756 g/mol. The zero-order chi connectivity index (χ0) is 39.8. The van der Waals surface area contributed by atoms with E-state index in [1.807, 2.05) is 12.1 Å². The maximum atomic E-state index is 13.6. The number of rotatable bonds is 17. The third kappa shape index (κ3) is 13.9. The minimum absolute atomic E-state index is 0.000159. The second-order valence-electron chi connectivity index (χ2n) is 13.5. The summed E-state index contributed by atoms with van der Waals surface area (Å²) in [6.07, 6.45) is -0.711. The van der Waals surface area contributed by atoms with Gasteiger partial charge in [0.25, 0.3) is 0 Å². The van der Waals surface area contributed by atoms with E-state index in [-0.39, 0.29) is 57.6 Å². The highest BCUT2D eigenvalue weighted by Gasteiger charge is 2.30. The average molecular weight is 757 g/mol. The van der Waals surface area contributed by atoms with Crippen LogP contribution in [0.15, 0.2) is 42.5 Å². The Morgan fingerprint density at radius 3 is 2.20 bits per heavy atom. The van der Waals surface area contributed by atoms with Gasteiger partial charge >= 0.3 is 0 Å². The van der Waals surface area contributed by atoms with Gasteiger partial charge in [-0.15, -0.1) is 0 Å². The van der Waals surface area contributed by atoms with E-state index in [1.165, 1.54) is 6.07 Å². The van der Waals surface area contributed by atoms with Crippen molar-refractivity contribution in [3.8, 4) is 16.9 Å². The second-order valence-corrected chi connectivity index (χ2v) is 13.5. The number of aliphatic hydroxyl groups excluding tert-OH is 2. The Balaban J connectivity index is 1.64. The van der Waals surface area contributed by atoms with Crippen LogP contribution < -0.4 is 55.3 Å². The Hall–Kier alpha value is -4.69. The number of phenolic OH excluding ortho intramolecular Hbond substituents is 1. The third-order valence-electron chi connectivity index (χ3n) is 9.06. The van der Waals surface area contributed by atoms with Crippen LogP contribution in [-0.2, 0) is 36.8 Å². The molecule has 2 aromatic rings. The lowest BCUT2D eigenvalue weighted by molar-refractivity contribution is -0.133. The van der Waals surface area contributed by atoms with Crippen molar-refractivity contribution in [2.24, 2.45) is 28.7 Å². The van der Waals surface area contributed by atoms with Crippen molar-refractivity contribution in [1.29, 1.82) is 0 Å². The lowest BCUT2D eigenvalue weighted by Crippen LogP contribution is -2.57. The number of carbonyl (C=O) groups excluding carboxylic acids is 5. The molecule has 18 heteroatoms. The van der Waals surface area contributed by atoms with E-state index in [1.54, 1.807) is 24.3 Å². The van der Waals surface area contributed by atoms with Gasteiger partial charge in [0, 0.05) is 52.0 Å². The molecule has 0 radical (unpaired) electrons. The number of amides is 5. The van der Waals surface area contributed by atoms with Crippen LogP contribution in [0.1, 0.15) is 43.2 Å². The van der Waals surface area contributed by atoms with E-state index in [2.05, 4.69) is 26.6 Å². The number of phenols is 1. The van der Waals surface area contributed by atoms with Gasteiger partial charge in [0.15, 0.2) is 0 Å². The van der Waals surface area contributed by atoms with Crippen molar-refractivity contribution >= 4 is 29.5 Å². The summed E-state index contributed by atoms with van der Waals surface area (Å²) in [5.74, 6) is -2.92. The Kier molecular flexibility index (Phi) is 17.7. The minimum atomic E-state index is -1.30. The Labute approximate surface area is 314 Å². The maximum absolute atomic E-state index is 13.6. The third-order valence-corrected chi connectivity index (χ3v) is 9.06. The minimum Gasteiger partial charge on any atom is -0.508 e. The molecule has 0 saturated carbocycles. The number of unbranched alkanes of at least 4 members (excludes halogenated alkanes) is 1. The van der Waals surface area contributed by atoms with Crippen molar-refractivity contribution in [2.75, 3.05) is 32.7 Å². The number of nitrogens with two attached hydrogens (primary N) is 5. The fraction of sp³-hybridized carbons (Fsp3) is 0.528. The first-order chi connectivity index (χ1) is 25.7. The predicted octanol–water partition coefficient (Wildman–Crippen LogP) is -3.95. The van der Waals surface area contributed by atoms with Crippen LogP contribution in [0.25, 0.3) is 11.1 Å². The molecule has 1 heterocycles. The molecule has 2 unspecified atom stereocenters. The van der Waals surface area contributed by atoms with Gasteiger partial charge in [-0.25, -0.2) is 0 Å². The van der Waals surface area contributed by atoms with Crippen molar-refractivity contribution < 1.29 is 39.3 Å². The van der Waals surface area contributed by atoms with Gasteiger partial charge in [-0.3, -0.25) is 24.0 Å². The van der Waals surface area contributed by atoms with Gasteiger partial charge in [-0.2, -0.15) is 0 Å². The Bertz CT molecular complexity index is 1580. The van der Waals surface area contributed by atoms with E-state index in [0.29, 0.717) is 36.9 Å². The summed E-state index contributed by atoms with van der Waals surface area (Å²) < 4.78 is 0. The smallest absolute Gasteiger partial charge is 0.243 e. The Morgan fingerprint density at radius 1 is 0.796 bits per heavy atom. The van der Waals surface area contributed by atoms with E-state index < -0.39 is 72.0 Å². The summed E-state index contributed by atoms with van der Waals surface area (Å²) >= 11 is 0. The normalized spacial score (nSPS) is 19.8. The van der Waals surface area contributed by atoms with Gasteiger partial charge < -0.3 is 70.6 Å². The zero-order valence-electron chi connectivity index (χ0n) is 30.3. The van der Waals surface area contributed by atoms with Crippen LogP contribution >= 0.6 is 0 Å². The summed E-state index contributed by atoms with van der Waals surface area (Å²) in [6, 6.07) is 6.90. The molecule has 18 nitrogen and oxygen atoms in total. The van der Waals surface area contributed by atoms with E-state index in [4.69, 9.17) is 28.7 Å². The number of benzene rings is 2. The number of carbonyl (C=O) groups is 5. The molecule has 4 bridgehead atoms. The lowest BCUT2D eigenvalue weighted by Gasteiger charge is -2.25. The number of aliphatic hydroxyl groups is 2. The largest absolute Gasteiger partial charge is 0.508 e. The summed E-state index contributed by atoms with van der Waals surface area (Å²) in [5, 5.41) is 43.5. The number of hydrogen-bond donors (Lipinski definition) is 13. The molecule has 1 aliphatic heterocycles. The fourth-order valence-corrected chi connectivity index (χ4v) is 5.73. The zero-order valence-corrected chi connectivity index (χ0v) is 30.3. The molecule has 7 atom stereocenters. The molecule has 5 amide bonds. The van der Waals surface area contributed by atoms with Crippen molar-refractivity contribution in [2.45, 2.75) is 87.4 Å². The number of fused-ring (bicyclic) bond motifs is 5. The first kappa shape index (κ1) is 43.7. The van der Waals surface area contributed by atoms with Crippen LogP contribution in [0.2, 0.25) is 0 Å².